The molecule has 0 bridgehead atoms. The van der Waals surface area contributed by atoms with Crippen LogP contribution >= 0.6 is 15.9 Å². The van der Waals surface area contributed by atoms with Gasteiger partial charge in [-0.2, -0.15) is 0 Å². The van der Waals surface area contributed by atoms with Crippen molar-refractivity contribution in [1.29, 1.82) is 0 Å². The van der Waals surface area contributed by atoms with Crippen LogP contribution in [-0.4, -0.2) is 20.9 Å². The Morgan fingerprint density at radius 1 is 1.21 bits per heavy atom. The lowest BCUT2D eigenvalue weighted by molar-refractivity contribution is 0.0945. The second-order valence-electron chi connectivity index (χ2n) is 5.16. The summed E-state index contributed by atoms with van der Waals surface area (Å²) in [6.45, 7) is 1.85. The van der Waals surface area contributed by atoms with Crippen LogP contribution in [0.15, 0.2) is 53.0 Å². The molecule has 7 heteroatoms. The molecule has 0 radical (unpaired) electrons. The van der Waals surface area contributed by atoms with E-state index in [0.717, 1.165) is 10.2 Å². The predicted molar refractivity (Wildman–Crippen MR) is 91.4 cm³/mol. The fourth-order valence-corrected chi connectivity index (χ4v) is 2.74. The maximum atomic E-state index is 13.6. The number of hydrogen-bond donors (Lipinski definition) is 1. The van der Waals surface area contributed by atoms with Crippen LogP contribution in [0.2, 0.25) is 0 Å². The first kappa shape index (κ1) is 16.3. The summed E-state index contributed by atoms with van der Waals surface area (Å²) in [5.74, 6) is -0.750. The van der Waals surface area contributed by atoms with E-state index < -0.39 is 5.91 Å². The summed E-state index contributed by atoms with van der Waals surface area (Å²) in [6.07, 6.45) is 0. The van der Waals surface area contributed by atoms with Gasteiger partial charge in [-0.1, -0.05) is 35.5 Å². The molecule has 3 aromatic rings. The zero-order valence-corrected chi connectivity index (χ0v) is 14.4. The van der Waals surface area contributed by atoms with E-state index in [4.69, 9.17) is 0 Å². The molecular formula is C17H14BrFN4O. The van der Waals surface area contributed by atoms with Crippen molar-refractivity contribution in [3.63, 3.8) is 0 Å². The predicted octanol–water partition coefficient (Wildman–Crippen LogP) is 3.41. The zero-order valence-electron chi connectivity index (χ0n) is 12.8. The summed E-state index contributed by atoms with van der Waals surface area (Å²) in [4.78, 5) is 12.3. The van der Waals surface area contributed by atoms with Crippen LogP contribution in [-0.2, 0) is 6.54 Å². The van der Waals surface area contributed by atoms with Crippen LogP contribution in [0.3, 0.4) is 0 Å². The minimum Gasteiger partial charge on any atom is -0.346 e. The number of amides is 1. The van der Waals surface area contributed by atoms with Crippen molar-refractivity contribution in [1.82, 2.24) is 20.3 Å². The van der Waals surface area contributed by atoms with Crippen molar-refractivity contribution < 1.29 is 9.18 Å². The number of nitrogens with one attached hydrogen (secondary N) is 1. The number of nitrogens with zero attached hydrogens (tertiary/aromatic N) is 3. The molecule has 1 N–H and O–H groups in total. The number of rotatable bonds is 4. The van der Waals surface area contributed by atoms with Gasteiger partial charge in [-0.25, -0.2) is 9.07 Å². The molecule has 1 amide bonds. The van der Waals surface area contributed by atoms with Gasteiger partial charge in [0.25, 0.3) is 5.91 Å². The quantitative estimate of drug-likeness (QED) is 0.744. The highest BCUT2D eigenvalue weighted by Crippen LogP contribution is 2.21. The molecule has 0 saturated carbocycles. The van der Waals surface area contributed by atoms with E-state index >= 15 is 0 Å². The third kappa shape index (κ3) is 3.21. The average Bonchev–Trinajstić information content (AvgIpc) is 2.96. The second-order valence-corrected chi connectivity index (χ2v) is 6.02. The van der Waals surface area contributed by atoms with E-state index in [2.05, 4.69) is 31.6 Å². The molecule has 0 aliphatic rings. The minimum absolute atomic E-state index is 0.0901. The molecule has 0 spiro atoms. The molecule has 0 aliphatic heterocycles. The Hall–Kier alpha value is -2.54. The normalized spacial score (nSPS) is 10.6. The lowest BCUT2D eigenvalue weighted by atomic mass is 10.2. The van der Waals surface area contributed by atoms with Gasteiger partial charge >= 0.3 is 0 Å². The van der Waals surface area contributed by atoms with Crippen LogP contribution in [0.25, 0.3) is 5.69 Å². The van der Waals surface area contributed by atoms with Gasteiger partial charge < -0.3 is 5.32 Å². The lowest BCUT2D eigenvalue weighted by Gasteiger charge is -2.07. The molecule has 1 aromatic heterocycles. The second kappa shape index (κ2) is 6.92. The first-order valence-corrected chi connectivity index (χ1v) is 8.06. The molecule has 0 aliphatic carbocycles. The topological polar surface area (TPSA) is 59.8 Å². The Morgan fingerprint density at radius 3 is 2.67 bits per heavy atom. The first-order valence-electron chi connectivity index (χ1n) is 7.26. The standard InChI is InChI=1S/C17H14BrFN4O/c1-11-16(17(24)20-10-12-6-2-4-8-14(12)19)21-22-23(11)15-9-5-3-7-13(15)18/h2-9H,10H2,1H3,(H,20,24). The van der Waals surface area contributed by atoms with Gasteiger partial charge in [0.15, 0.2) is 5.69 Å². The fraction of sp³-hybridized carbons (Fsp3) is 0.118. The first-order chi connectivity index (χ1) is 11.6. The Labute approximate surface area is 146 Å². The largest absolute Gasteiger partial charge is 0.346 e. The number of carbonyl (C=O) groups is 1. The molecule has 3 rings (SSSR count). The molecule has 0 unspecified atom stereocenters. The van der Waals surface area contributed by atoms with Gasteiger partial charge in [0.2, 0.25) is 0 Å². The van der Waals surface area contributed by atoms with E-state index in [0.29, 0.717) is 11.3 Å². The third-order valence-electron chi connectivity index (χ3n) is 3.59. The van der Waals surface area contributed by atoms with Crippen LogP contribution in [0.5, 0.6) is 0 Å². The average molecular weight is 389 g/mol. The number of benzene rings is 2. The molecular weight excluding hydrogens is 375 g/mol. The van der Waals surface area contributed by atoms with Crippen molar-refractivity contribution in [3.05, 3.63) is 75.8 Å². The summed E-state index contributed by atoms with van der Waals surface area (Å²) in [6, 6.07) is 13.8. The number of halogens is 2. The van der Waals surface area contributed by atoms with Crippen molar-refractivity contribution in [3.8, 4) is 5.69 Å². The van der Waals surface area contributed by atoms with Gasteiger partial charge in [0, 0.05) is 16.6 Å². The van der Waals surface area contributed by atoms with E-state index in [1.54, 1.807) is 29.8 Å². The van der Waals surface area contributed by atoms with Crippen LogP contribution in [0.4, 0.5) is 4.39 Å². The molecule has 1 heterocycles. The van der Waals surface area contributed by atoms with E-state index in [1.165, 1.54) is 6.07 Å². The highest BCUT2D eigenvalue weighted by atomic mass is 79.9. The smallest absolute Gasteiger partial charge is 0.274 e. The van der Waals surface area contributed by atoms with Crippen LogP contribution in [0.1, 0.15) is 21.7 Å². The Balaban J connectivity index is 1.80. The molecule has 0 saturated heterocycles. The fourth-order valence-electron chi connectivity index (χ4n) is 2.29. The molecule has 0 fully saturated rings. The number of hydrogen-bond acceptors (Lipinski definition) is 3. The van der Waals surface area contributed by atoms with Gasteiger partial charge in [-0.3, -0.25) is 4.79 Å². The van der Waals surface area contributed by atoms with Crippen molar-refractivity contribution in [2.45, 2.75) is 13.5 Å². The summed E-state index contributed by atoms with van der Waals surface area (Å²) >= 11 is 3.45. The summed E-state index contributed by atoms with van der Waals surface area (Å²) in [7, 11) is 0. The van der Waals surface area contributed by atoms with E-state index in [1.807, 2.05) is 24.3 Å². The Bertz CT molecular complexity index is 894. The van der Waals surface area contributed by atoms with E-state index in [9.17, 15) is 9.18 Å². The highest BCUT2D eigenvalue weighted by molar-refractivity contribution is 9.10. The maximum absolute atomic E-state index is 13.6. The van der Waals surface area contributed by atoms with Gasteiger partial charge in [0.05, 0.1) is 11.4 Å². The zero-order chi connectivity index (χ0) is 17.1. The number of para-hydroxylation sites is 1. The van der Waals surface area contributed by atoms with Crippen LogP contribution in [0, 0.1) is 12.7 Å². The monoisotopic (exact) mass is 388 g/mol. The molecule has 5 nitrogen and oxygen atoms in total. The molecule has 122 valence electrons. The lowest BCUT2D eigenvalue weighted by Crippen LogP contribution is -2.24. The highest BCUT2D eigenvalue weighted by Gasteiger charge is 2.18. The van der Waals surface area contributed by atoms with Gasteiger partial charge in [-0.05, 0) is 41.1 Å². The van der Waals surface area contributed by atoms with Gasteiger partial charge in [-0.15, -0.1) is 5.10 Å². The summed E-state index contributed by atoms with van der Waals surface area (Å²) in [5, 5.41) is 10.7. The maximum Gasteiger partial charge on any atom is 0.274 e. The number of carbonyl (C=O) groups excluding carboxylic acids is 1. The summed E-state index contributed by atoms with van der Waals surface area (Å²) < 4.78 is 16.0. The third-order valence-corrected chi connectivity index (χ3v) is 4.26. The van der Waals surface area contributed by atoms with E-state index in [-0.39, 0.29) is 18.1 Å². The van der Waals surface area contributed by atoms with Crippen molar-refractivity contribution in [2.75, 3.05) is 0 Å². The molecule has 24 heavy (non-hydrogen) atoms. The van der Waals surface area contributed by atoms with Gasteiger partial charge in [0.1, 0.15) is 5.82 Å². The Morgan fingerprint density at radius 2 is 1.92 bits per heavy atom. The minimum atomic E-state index is -0.394. The van der Waals surface area contributed by atoms with Crippen LogP contribution < -0.4 is 5.32 Å². The summed E-state index contributed by atoms with van der Waals surface area (Å²) in [5.41, 5.74) is 2.02. The molecule has 2 aromatic carbocycles. The Kier molecular flexibility index (Phi) is 4.71. The molecule has 0 atom stereocenters. The van der Waals surface area contributed by atoms with Crippen molar-refractivity contribution >= 4 is 21.8 Å². The SMILES string of the molecule is Cc1c(C(=O)NCc2ccccc2F)nnn1-c1ccccc1Br. The van der Waals surface area contributed by atoms with Crippen molar-refractivity contribution in [2.24, 2.45) is 0 Å². The number of aromatic nitrogens is 3.